The van der Waals surface area contributed by atoms with Gasteiger partial charge in [-0.25, -0.2) is 4.79 Å². The van der Waals surface area contributed by atoms with Crippen LogP contribution in [0.5, 0.6) is 0 Å². The van der Waals surface area contributed by atoms with E-state index in [9.17, 15) is 4.79 Å². The third-order valence-electron chi connectivity index (χ3n) is 6.20. The number of nitrogens with zero attached hydrogens (tertiary/aromatic N) is 1. The summed E-state index contributed by atoms with van der Waals surface area (Å²) in [6.07, 6.45) is 2.99. The second-order valence-electron chi connectivity index (χ2n) is 10.3. The van der Waals surface area contributed by atoms with Gasteiger partial charge in [-0.1, -0.05) is 72.3 Å². The number of halogens is 1. The maximum atomic E-state index is 11.9. The van der Waals surface area contributed by atoms with Gasteiger partial charge < -0.3 is 21.1 Å². The molecule has 1 unspecified atom stereocenters. The summed E-state index contributed by atoms with van der Waals surface area (Å²) in [6, 6.07) is 20.7. The molecule has 3 rings (SSSR count). The Morgan fingerprint density at radius 3 is 2.08 bits per heavy atom. The molecule has 37 heavy (non-hydrogen) atoms. The zero-order chi connectivity index (χ0) is 26.9. The molecule has 200 valence electrons. The van der Waals surface area contributed by atoms with Crippen LogP contribution in [0.1, 0.15) is 51.7 Å². The maximum Gasteiger partial charge on any atom is 0.407 e. The van der Waals surface area contributed by atoms with E-state index in [4.69, 9.17) is 22.1 Å². The van der Waals surface area contributed by atoms with Crippen molar-refractivity contribution in [1.82, 2.24) is 20.9 Å². The Balaban J connectivity index is 1.79. The van der Waals surface area contributed by atoms with Gasteiger partial charge >= 0.3 is 6.09 Å². The smallest absolute Gasteiger partial charge is 0.407 e. The van der Waals surface area contributed by atoms with E-state index in [0.717, 1.165) is 18.4 Å². The highest BCUT2D eigenvalue weighted by atomic mass is 35.5. The van der Waals surface area contributed by atoms with Crippen LogP contribution in [-0.2, 0) is 17.8 Å². The second-order valence-corrected chi connectivity index (χ2v) is 10.7. The molecule has 0 aromatic heterocycles. The first-order valence-electron chi connectivity index (χ1n) is 12.8. The van der Waals surface area contributed by atoms with Crippen LogP contribution in [0, 0.1) is 0 Å². The number of hydrogen-bond acceptors (Lipinski definition) is 6. The van der Waals surface area contributed by atoms with E-state index in [1.165, 1.54) is 11.1 Å². The zero-order valence-electron chi connectivity index (χ0n) is 22.3. The summed E-state index contributed by atoms with van der Waals surface area (Å²) >= 11 is 6.66. The molecule has 1 aliphatic heterocycles. The van der Waals surface area contributed by atoms with E-state index >= 15 is 0 Å². The monoisotopic (exact) mass is 525 g/mol. The minimum absolute atomic E-state index is 0.398. The van der Waals surface area contributed by atoms with Crippen molar-refractivity contribution in [3.05, 3.63) is 94.4 Å². The number of unbranched alkanes of at least 4 members (excludes halogenated alkanes) is 1. The molecule has 1 atom stereocenters. The first-order chi connectivity index (χ1) is 17.6. The number of nitrogens with two attached hydrogens (primary N) is 1. The molecule has 0 aliphatic carbocycles. The maximum absolute atomic E-state index is 11.9. The number of hydrogen-bond donors (Lipinski definition) is 4. The molecule has 7 nitrogen and oxygen atoms in total. The van der Waals surface area contributed by atoms with E-state index in [1.807, 2.05) is 64.1 Å². The highest BCUT2D eigenvalue weighted by Crippen LogP contribution is 2.35. The number of ether oxygens (including phenoxy) is 1. The number of carbonyl (C=O) groups excluding carboxylic acids is 1. The zero-order valence-corrected chi connectivity index (χ0v) is 23.1. The molecule has 0 spiro atoms. The normalized spacial score (nSPS) is 17.8. The second kappa shape index (κ2) is 13.0. The molecule has 0 radical (unpaired) electrons. The number of amides is 1. The minimum atomic E-state index is -0.785. The third kappa shape index (κ3) is 7.99. The van der Waals surface area contributed by atoms with Gasteiger partial charge in [0.1, 0.15) is 16.4 Å². The minimum Gasteiger partial charge on any atom is -0.444 e. The lowest BCUT2D eigenvalue weighted by molar-refractivity contribution is 0.0526. The Morgan fingerprint density at radius 2 is 1.54 bits per heavy atom. The van der Waals surface area contributed by atoms with Gasteiger partial charge in [0, 0.05) is 31.4 Å². The largest absolute Gasteiger partial charge is 0.444 e. The van der Waals surface area contributed by atoms with Crippen LogP contribution in [-0.4, -0.2) is 35.3 Å². The van der Waals surface area contributed by atoms with Gasteiger partial charge in [0.2, 0.25) is 0 Å². The molecule has 2 aromatic carbocycles. The third-order valence-corrected chi connectivity index (χ3v) is 6.60. The van der Waals surface area contributed by atoms with Gasteiger partial charge in [0.25, 0.3) is 0 Å². The number of alkyl carbamates (subject to hydrolysis) is 1. The van der Waals surface area contributed by atoms with Crippen LogP contribution in [0.25, 0.3) is 0 Å². The first-order valence-corrected chi connectivity index (χ1v) is 13.1. The summed E-state index contributed by atoms with van der Waals surface area (Å²) in [6.45, 7) is 10.1. The first kappa shape index (κ1) is 28.6. The molecule has 1 amide bonds. The molecule has 0 bridgehead atoms. The fraction of sp³-hybridized carbons (Fsp3) is 0.414. The predicted octanol–water partition coefficient (Wildman–Crippen LogP) is 5.15. The molecule has 0 saturated heterocycles. The summed E-state index contributed by atoms with van der Waals surface area (Å²) in [5, 5.41) is 10.2. The lowest BCUT2D eigenvalue weighted by Crippen LogP contribution is -2.64. The highest BCUT2D eigenvalue weighted by molar-refractivity contribution is 6.29. The van der Waals surface area contributed by atoms with Crippen molar-refractivity contribution in [2.24, 2.45) is 5.73 Å². The van der Waals surface area contributed by atoms with E-state index in [-0.39, 0.29) is 0 Å². The topological polar surface area (TPSA) is 91.7 Å². The number of nitrogens with one attached hydrogen (secondary N) is 3. The average Bonchev–Trinajstić information content (AvgIpc) is 2.85. The molecular formula is C29H40ClN5O2. The van der Waals surface area contributed by atoms with Gasteiger partial charge in [-0.05, 0) is 58.2 Å². The van der Waals surface area contributed by atoms with Crippen molar-refractivity contribution in [3.63, 3.8) is 0 Å². The van der Waals surface area contributed by atoms with Crippen LogP contribution in [0.4, 0.5) is 4.79 Å². The Bertz CT molecular complexity index is 1040. The molecule has 0 fully saturated rings. The van der Waals surface area contributed by atoms with Crippen LogP contribution in [0.2, 0.25) is 0 Å². The van der Waals surface area contributed by atoms with E-state index in [1.54, 1.807) is 6.20 Å². The number of rotatable bonds is 11. The van der Waals surface area contributed by atoms with E-state index in [0.29, 0.717) is 37.0 Å². The Kier molecular flexibility index (Phi) is 10.0. The Labute approximate surface area is 226 Å². The highest BCUT2D eigenvalue weighted by Gasteiger charge is 2.44. The molecule has 5 N–H and O–H groups in total. The summed E-state index contributed by atoms with van der Waals surface area (Å²) < 4.78 is 5.32. The van der Waals surface area contributed by atoms with Crippen molar-refractivity contribution < 1.29 is 9.53 Å². The molecule has 1 heterocycles. The van der Waals surface area contributed by atoms with E-state index in [2.05, 4.69) is 45.1 Å². The average molecular weight is 526 g/mol. The van der Waals surface area contributed by atoms with Crippen LogP contribution in [0.15, 0.2) is 83.3 Å². The van der Waals surface area contributed by atoms with Gasteiger partial charge in [-0.2, -0.15) is 0 Å². The lowest BCUT2D eigenvalue weighted by Gasteiger charge is -2.48. The van der Waals surface area contributed by atoms with Crippen molar-refractivity contribution in [3.8, 4) is 0 Å². The van der Waals surface area contributed by atoms with Crippen molar-refractivity contribution >= 4 is 17.7 Å². The Morgan fingerprint density at radius 1 is 1.00 bits per heavy atom. The van der Waals surface area contributed by atoms with Crippen LogP contribution < -0.4 is 21.7 Å². The summed E-state index contributed by atoms with van der Waals surface area (Å²) in [5.41, 5.74) is 9.36. The van der Waals surface area contributed by atoms with Crippen molar-refractivity contribution in [1.29, 1.82) is 0 Å². The fourth-order valence-electron chi connectivity index (χ4n) is 4.42. The molecule has 1 aliphatic rings. The lowest BCUT2D eigenvalue weighted by atomic mass is 9.91. The predicted molar refractivity (Wildman–Crippen MR) is 150 cm³/mol. The van der Waals surface area contributed by atoms with Gasteiger partial charge in [-0.3, -0.25) is 10.2 Å². The SMILES string of the molecule is CC1=C(Cl)NC=C(N)C1(NCCCCNC(=O)OC(C)(C)C)N(Cc1ccccc1)Cc1ccccc1. The molecular weight excluding hydrogens is 486 g/mol. The van der Waals surface area contributed by atoms with E-state index < -0.39 is 17.4 Å². The van der Waals surface area contributed by atoms with Crippen molar-refractivity contribution in [2.75, 3.05) is 13.1 Å². The van der Waals surface area contributed by atoms with Crippen molar-refractivity contribution in [2.45, 2.75) is 64.9 Å². The van der Waals surface area contributed by atoms with Crippen LogP contribution in [0.3, 0.4) is 0 Å². The quantitative estimate of drug-likeness (QED) is 0.184. The van der Waals surface area contributed by atoms with Gasteiger partial charge in [0.15, 0.2) is 0 Å². The summed E-state index contributed by atoms with van der Waals surface area (Å²) in [7, 11) is 0. The fourth-order valence-corrected chi connectivity index (χ4v) is 4.61. The summed E-state index contributed by atoms with van der Waals surface area (Å²) in [4.78, 5) is 14.3. The molecule has 8 heteroatoms. The van der Waals surface area contributed by atoms with Gasteiger partial charge in [0.05, 0.1) is 5.70 Å². The number of benzene rings is 2. The van der Waals surface area contributed by atoms with Crippen LogP contribution >= 0.6 is 11.6 Å². The number of carbonyl (C=O) groups is 1. The molecule has 2 aromatic rings. The Hall–Kier alpha value is -3.00. The van der Waals surface area contributed by atoms with Gasteiger partial charge in [-0.15, -0.1) is 0 Å². The number of dihydropyridines is 1. The molecule has 0 saturated carbocycles. The standard InChI is InChI=1S/C29H40ClN5O2/c1-22-26(30)33-19-25(31)29(22,34-18-12-11-17-32-27(36)37-28(2,3)4)35(20-23-13-7-5-8-14-23)21-24-15-9-6-10-16-24/h5-10,13-16,19,33-34H,11-12,17-18,20-21,31H2,1-4H3,(H,32,36). The summed E-state index contributed by atoms with van der Waals surface area (Å²) in [5.74, 6) is 0.